The minimum Gasteiger partial charge on any atom is -0.395 e. The van der Waals surface area contributed by atoms with Gasteiger partial charge in [-0.25, -0.2) is 19.9 Å². The lowest BCUT2D eigenvalue weighted by atomic mass is 10.1. The molecule has 37 heavy (non-hydrogen) atoms. The number of piperazine rings is 1. The van der Waals surface area contributed by atoms with Gasteiger partial charge in [0.25, 0.3) is 0 Å². The fourth-order valence-electron chi connectivity index (χ4n) is 5.15. The van der Waals surface area contributed by atoms with Gasteiger partial charge in [-0.3, -0.25) is 9.80 Å². The molecule has 0 spiro atoms. The number of β-amino-alcohol motifs (C(OH)–C–C–N with tert-alkyl or cyclic N) is 1. The van der Waals surface area contributed by atoms with E-state index in [2.05, 4.69) is 36.1 Å². The molecule has 0 amide bonds. The van der Waals surface area contributed by atoms with Crippen molar-refractivity contribution in [2.24, 2.45) is 0 Å². The van der Waals surface area contributed by atoms with E-state index in [1.165, 1.54) is 12.0 Å². The molecule has 198 valence electrons. The Bertz CT molecular complexity index is 1160. The molecular weight excluding hydrogens is 468 g/mol. The number of aromatic nitrogens is 4. The molecule has 2 fully saturated rings. The molecule has 0 aliphatic carbocycles. The molecule has 2 aliphatic rings. The first-order valence-corrected chi connectivity index (χ1v) is 13.4. The van der Waals surface area contributed by atoms with Crippen molar-refractivity contribution in [2.75, 3.05) is 62.6 Å². The van der Waals surface area contributed by atoms with Crippen molar-refractivity contribution in [3.05, 3.63) is 41.9 Å². The molecule has 10 nitrogen and oxygen atoms in total. The molecule has 10 heteroatoms. The number of piperidine rings is 1. The van der Waals surface area contributed by atoms with Crippen LogP contribution in [0.5, 0.6) is 0 Å². The number of pyridine rings is 2. The van der Waals surface area contributed by atoms with Gasteiger partial charge in [-0.05, 0) is 43.9 Å². The molecule has 0 bridgehead atoms. The van der Waals surface area contributed by atoms with E-state index in [4.69, 9.17) is 15.1 Å². The summed E-state index contributed by atoms with van der Waals surface area (Å²) in [6, 6.07) is 6.05. The Hall–Kier alpha value is -2.92. The first kappa shape index (κ1) is 25.7. The van der Waals surface area contributed by atoms with Crippen LogP contribution in [0.2, 0.25) is 0 Å². The summed E-state index contributed by atoms with van der Waals surface area (Å²) in [6.07, 6.45) is 7.33. The average Bonchev–Trinajstić information content (AvgIpc) is 2.91. The van der Waals surface area contributed by atoms with Gasteiger partial charge >= 0.3 is 0 Å². The van der Waals surface area contributed by atoms with Gasteiger partial charge in [0.15, 0.2) is 5.82 Å². The number of rotatable bonds is 9. The third-order valence-electron chi connectivity index (χ3n) is 7.11. The quantitative estimate of drug-likeness (QED) is 0.399. The number of fused-ring (bicyclic) bond motifs is 1. The normalized spacial score (nSPS) is 18.3. The fraction of sp³-hybridized carbons (Fsp3) is 0.556. The van der Waals surface area contributed by atoms with Crippen LogP contribution in [-0.4, -0.2) is 98.5 Å². The van der Waals surface area contributed by atoms with Crippen LogP contribution in [0, 0.1) is 0 Å². The van der Waals surface area contributed by atoms with Crippen LogP contribution in [0.4, 0.5) is 17.6 Å². The van der Waals surface area contributed by atoms with Crippen molar-refractivity contribution in [3.8, 4) is 0 Å². The van der Waals surface area contributed by atoms with E-state index in [1.807, 2.05) is 24.5 Å². The predicted molar refractivity (Wildman–Crippen MR) is 145 cm³/mol. The summed E-state index contributed by atoms with van der Waals surface area (Å²) in [5.74, 6) is 2.07. The number of anilines is 3. The van der Waals surface area contributed by atoms with E-state index < -0.39 is 6.10 Å². The first-order valence-electron chi connectivity index (χ1n) is 13.4. The van der Waals surface area contributed by atoms with E-state index in [0.717, 1.165) is 87.6 Å². The molecule has 0 aromatic carbocycles. The Kier molecular flexibility index (Phi) is 8.40. The highest BCUT2D eigenvalue weighted by molar-refractivity contribution is 5.89. The van der Waals surface area contributed by atoms with Gasteiger partial charge in [0.1, 0.15) is 11.3 Å². The van der Waals surface area contributed by atoms with Gasteiger partial charge in [-0.1, -0.05) is 6.07 Å². The van der Waals surface area contributed by atoms with Gasteiger partial charge in [0.2, 0.25) is 5.95 Å². The van der Waals surface area contributed by atoms with Crippen LogP contribution in [0.3, 0.4) is 0 Å². The maximum absolute atomic E-state index is 9.91. The Labute approximate surface area is 218 Å². The van der Waals surface area contributed by atoms with Crippen LogP contribution in [0.1, 0.15) is 37.4 Å². The Balaban J connectivity index is 1.29. The van der Waals surface area contributed by atoms with E-state index in [-0.39, 0.29) is 6.61 Å². The zero-order valence-corrected chi connectivity index (χ0v) is 21.7. The van der Waals surface area contributed by atoms with Gasteiger partial charge < -0.3 is 20.4 Å². The molecule has 0 radical (unpaired) electrons. The lowest BCUT2D eigenvalue weighted by molar-refractivity contribution is 0.108. The molecule has 1 atom stereocenters. The second-order valence-electron chi connectivity index (χ2n) is 10.2. The van der Waals surface area contributed by atoms with Gasteiger partial charge in [-0.2, -0.15) is 0 Å². The maximum atomic E-state index is 9.91. The highest BCUT2D eigenvalue weighted by Crippen LogP contribution is 2.28. The zero-order chi connectivity index (χ0) is 25.6. The standard InChI is InChI=1S/C27H38N8O2/c1-20(37)15-23-16-22-18-29-27(32-25(22)26(30-23)35-7-3-2-4-8-35)31-24-6-5-21(17-28-24)19-34-11-9-33(10-12-34)13-14-36/h5-6,16-18,20,36-37H,2-4,7-15,19H2,1H3,(H,28,29,31,32)/t20-/m1/s1. The van der Waals surface area contributed by atoms with Crippen LogP contribution >= 0.6 is 0 Å². The molecule has 3 aromatic heterocycles. The predicted octanol–water partition coefficient (Wildman–Crippen LogP) is 2.19. The largest absolute Gasteiger partial charge is 0.395 e. The summed E-state index contributed by atoms with van der Waals surface area (Å²) in [7, 11) is 0. The molecule has 5 rings (SSSR count). The monoisotopic (exact) mass is 506 g/mol. The number of aliphatic hydroxyl groups excluding tert-OH is 2. The molecule has 3 aromatic rings. The lowest BCUT2D eigenvalue weighted by Crippen LogP contribution is -2.46. The number of nitrogens with zero attached hydrogens (tertiary/aromatic N) is 7. The smallest absolute Gasteiger partial charge is 0.229 e. The highest BCUT2D eigenvalue weighted by Gasteiger charge is 2.19. The minimum absolute atomic E-state index is 0.222. The Morgan fingerprint density at radius 1 is 0.946 bits per heavy atom. The summed E-state index contributed by atoms with van der Waals surface area (Å²) in [4.78, 5) is 25.9. The molecule has 0 saturated carbocycles. The Morgan fingerprint density at radius 2 is 1.73 bits per heavy atom. The van der Waals surface area contributed by atoms with E-state index >= 15 is 0 Å². The molecule has 5 heterocycles. The third-order valence-corrected chi connectivity index (χ3v) is 7.11. The summed E-state index contributed by atoms with van der Waals surface area (Å²) in [5.41, 5.74) is 2.85. The van der Waals surface area contributed by atoms with Crippen molar-refractivity contribution in [2.45, 2.75) is 45.3 Å². The van der Waals surface area contributed by atoms with Crippen molar-refractivity contribution < 1.29 is 10.2 Å². The number of hydrogen-bond acceptors (Lipinski definition) is 10. The second-order valence-corrected chi connectivity index (χ2v) is 10.2. The molecule has 0 unspecified atom stereocenters. The number of aliphatic hydroxyl groups is 2. The van der Waals surface area contributed by atoms with Gasteiger partial charge in [0.05, 0.1) is 12.7 Å². The number of hydrogen-bond donors (Lipinski definition) is 3. The summed E-state index contributed by atoms with van der Waals surface area (Å²) in [5, 5.41) is 23.2. The summed E-state index contributed by atoms with van der Waals surface area (Å²) in [6.45, 7) is 9.53. The Morgan fingerprint density at radius 3 is 2.43 bits per heavy atom. The second kappa shape index (κ2) is 12.1. The topological polar surface area (TPSA) is 114 Å². The van der Waals surface area contributed by atoms with Crippen LogP contribution < -0.4 is 10.2 Å². The summed E-state index contributed by atoms with van der Waals surface area (Å²) < 4.78 is 0. The van der Waals surface area contributed by atoms with Crippen molar-refractivity contribution >= 4 is 28.5 Å². The van der Waals surface area contributed by atoms with Crippen molar-refractivity contribution in [1.29, 1.82) is 0 Å². The molecule has 3 N–H and O–H groups in total. The average molecular weight is 507 g/mol. The third kappa shape index (κ3) is 6.70. The molecule has 2 aliphatic heterocycles. The first-order chi connectivity index (χ1) is 18.1. The van der Waals surface area contributed by atoms with Crippen molar-refractivity contribution in [1.82, 2.24) is 29.7 Å². The SMILES string of the molecule is C[C@@H](O)Cc1cc2cnc(Nc3ccc(CN4CCN(CCO)CC4)cn3)nc2c(N2CCCCC2)n1. The maximum Gasteiger partial charge on any atom is 0.229 e. The van der Waals surface area contributed by atoms with Crippen molar-refractivity contribution in [3.63, 3.8) is 0 Å². The zero-order valence-electron chi connectivity index (χ0n) is 21.7. The van der Waals surface area contributed by atoms with Gasteiger partial charge in [0, 0.05) is 82.3 Å². The highest BCUT2D eigenvalue weighted by atomic mass is 16.3. The summed E-state index contributed by atoms with van der Waals surface area (Å²) >= 11 is 0. The van der Waals surface area contributed by atoms with Crippen LogP contribution in [-0.2, 0) is 13.0 Å². The molecular formula is C27H38N8O2. The fourth-order valence-corrected chi connectivity index (χ4v) is 5.15. The molecule has 2 saturated heterocycles. The van der Waals surface area contributed by atoms with Crippen LogP contribution in [0.15, 0.2) is 30.6 Å². The van der Waals surface area contributed by atoms with E-state index in [9.17, 15) is 5.11 Å². The minimum atomic E-state index is -0.453. The number of nitrogens with one attached hydrogen (secondary N) is 1. The van der Waals surface area contributed by atoms with E-state index in [0.29, 0.717) is 18.2 Å². The van der Waals surface area contributed by atoms with Gasteiger partial charge in [-0.15, -0.1) is 0 Å². The van der Waals surface area contributed by atoms with E-state index in [1.54, 1.807) is 6.92 Å². The lowest BCUT2D eigenvalue weighted by Gasteiger charge is -2.34. The van der Waals surface area contributed by atoms with Crippen LogP contribution in [0.25, 0.3) is 10.9 Å².